The predicted molar refractivity (Wildman–Crippen MR) is 113 cm³/mol. The van der Waals surface area contributed by atoms with Gasteiger partial charge in [-0.2, -0.15) is 18.4 Å². The highest BCUT2D eigenvalue weighted by Gasteiger charge is 2.30. The summed E-state index contributed by atoms with van der Waals surface area (Å²) in [6, 6.07) is 19.1. The number of carbonyl (C=O) groups excluding carboxylic acids is 2. The number of amides is 2. The van der Waals surface area contributed by atoms with Crippen LogP contribution >= 0.6 is 0 Å². The number of nitrogens with one attached hydrogen (secondary N) is 1. The van der Waals surface area contributed by atoms with Crippen LogP contribution < -0.4 is 5.32 Å². The molecule has 3 aromatic carbocycles. The largest absolute Gasteiger partial charge is 0.416 e. The minimum atomic E-state index is -4.51. The molecule has 0 heterocycles. The maximum absolute atomic E-state index is 12.8. The molecule has 0 aliphatic carbocycles. The van der Waals surface area contributed by atoms with E-state index in [1.165, 1.54) is 41.3 Å². The molecule has 0 spiro atoms. The SMILES string of the molecule is CN(Cc1ccc(C#N)cc1)C(=O)c1ccc(C(=O)Nc2cccc(C(F)(F)F)c2)cc1. The van der Waals surface area contributed by atoms with Crippen LogP contribution in [0.3, 0.4) is 0 Å². The highest BCUT2D eigenvalue weighted by molar-refractivity contribution is 6.05. The molecule has 5 nitrogen and oxygen atoms in total. The van der Waals surface area contributed by atoms with Gasteiger partial charge in [0.25, 0.3) is 11.8 Å². The molecule has 3 rings (SSSR count). The topological polar surface area (TPSA) is 73.2 Å². The van der Waals surface area contributed by atoms with Crippen LogP contribution in [-0.2, 0) is 12.7 Å². The van der Waals surface area contributed by atoms with Crippen molar-refractivity contribution in [3.63, 3.8) is 0 Å². The van der Waals surface area contributed by atoms with Gasteiger partial charge in [0.2, 0.25) is 0 Å². The summed E-state index contributed by atoms with van der Waals surface area (Å²) in [6.45, 7) is 0.336. The Kier molecular flexibility index (Phi) is 6.59. The first-order chi connectivity index (χ1) is 15.2. The summed E-state index contributed by atoms with van der Waals surface area (Å²) in [7, 11) is 1.63. The zero-order valence-corrected chi connectivity index (χ0v) is 17.0. The molecule has 0 atom stereocenters. The number of halogens is 3. The Labute approximate surface area is 182 Å². The van der Waals surface area contributed by atoms with E-state index in [4.69, 9.17) is 5.26 Å². The molecular formula is C24H18F3N3O2. The number of alkyl halides is 3. The summed E-state index contributed by atoms with van der Waals surface area (Å²) in [5, 5.41) is 11.3. The van der Waals surface area contributed by atoms with E-state index < -0.39 is 17.6 Å². The van der Waals surface area contributed by atoms with Crippen LogP contribution in [0, 0.1) is 11.3 Å². The number of hydrogen-bond acceptors (Lipinski definition) is 3. The first-order valence-corrected chi connectivity index (χ1v) is 9.50. The first kappa shape index (κ1) is 22.6. The Morgan fingerprint density at radius 1 is 0.969 bits per heavy atom. The summed E-state index contributed by atoms with van der Waals surface area (Å²) in [5.74, 6) is -0.853. The number of nitrogens with zero attached hydrogens (tertiary/aromatic N) is 2. The van der Waals surface area contributed by atoms with Crippen LogP contribution in [0.1, 0.15) is 37.4 Å². The Balaban J connectivity index is 1.65. The standard InChI is InChI=1S/C24H18F3N3O2/c1-30(15-17-7-5-16(14-28)6-8-17)23(32)19-11-9-18(10-12-19)22(31)29-21-4-2-3-20(13-21)24(25,26)27/h2-13H,15H2,1H3,(H,29,31). The van der Waals surface area contributed by atoms with Gasteiger partial charge in [0.05, 0.1) is 17.2 Å². The molecule has 162 valence electrons. The Morgan fingerprint density at radius 3 is 2.19 bits per heavy atom. The monoisotopic (exact) mass is 437 g/mol. The fraction of sp³-hybridized carbons (Fsp3) is 0.125. The molecular weight excluding hydrogens is 419 g/mol. The van der Waals surface area contributed by atoms with Crippen LogP contribution in [0.2, 0.25) is 0 Å². The van der Waals surface area contributed by atoms with Gasteiger partial charge in [-0.3, -0.25) is 9.59 Å². The van der Waals surface area contributed by atoms with Crippen LogP contribution in [0.5, 0.6) is 0 Å². The molecule has 0 aliphatic rings. The number of rotatable bonds is 5. The van der Waals surface area contributed by atoms with Crippen molar-refractivity contribution in [1.29, 1.82) is 5.26 Å². The third kappa shape index (κ3) is 5.52. The van der Waals surface area contributed by atoms with E-state index in [0.717, 1.165) is 17.7 Å². The van der Waals surface area contributed by atoms with Crippen LogP contribution in [0.25, 0.3) is 0 Å². The molecule has 0 aliphatic heterocycles. The van der Waals surface area contributed by atoms with Gasteiger partial charge in [-0.05, 0) is 60.2 Å². The number of benzene rings is 3. The average molecular weight is 437 g/mol. The molecule has 3 aromatic rings. The molecule has 32 heavy (non-hydrogen) atoms. The number of anilines is 1. The first-order valence-electron chi connectivity index (χ1n) is 9.50. The highest BCUT2D eigenvalue weighted by Crippen LogP contribution is 2.30. The van der Waals surface area contributed by atoms with Crippen molar-refractivity contribution in [1.82, 2.24) is 4.90 Å². The van der Waals surface area contributed by atoms with Gasteiger partial charge in [0, 0.05) is 30.4 Å². The van der Waals surface area contributed by atoms with Crippen molar-refractivity contribution in [2.75, 3.05) is 12.4 Å². The van der Waals surface area contributed by atoms with Crippen molar-refractivity contribution < 1.29 is 22.8 Å². The maximum atomic E-state index is 12.8. The van der Waals surface area contributed by atoms with E-state index in [2.05, 4.69) is 5.32 Å². The second kappa shape index (κ2) is 9.35. The molecule has 0 fully saturated rings. The number of hydrogen-bond donors (Lipinski definition) is 1. The zero-order valence-electron chi connectivity index (χ0n) is 17.0. The maximum Gasteiger partial charge on any atom is 0.416 e. The molecule has 0 radical (unpaired) electrons. The van der Waals surface area contributed by atoms with Crippen LogP contribution in [0.4, 0.5) is 18.9 Å². The van der Waals surface area contributed by atoms with Gasteiger partial charge in [-0.1, -0.05) is 18.2 Å². The van der Waals surface area contributed by atoms with Crippen molar-refractivity contribution in [2.24, 2.45) is 0 Å². The lowest BCUT2D eigenvalue weighted by Gasteiger charge is -2.17. The fourth-order valence-corrected chi connectivity index (χ4v) is 2.99. The summed E-state index contributed by atoms with van der Waals surface area (Å²) >= 11 is 0. The zero-order chi connectivity index (χ0) is 23.3. The summed E-state index contributed by atoms with van der Waals surface area (Å²) < 4.78 is 38.5. The lowest BCUT2D eigenvalue weighted by atomic mass is 10.1. The van der Waals surface area contributed by atoms with E-state index in [9.17, 15) is 22.8 Å². The van der Waals surface area contributed by atoms with E-state index >= 15 is 0 Å². The van der Waals surface area contributed by atoms with Gasteiger partial charge in [-0.15, -0.1) is 0 Å². The summed E-state index contributed by atoms with van der Waals surface area (Å²) in [6.07, 6.45) is -4.51. The van der Waals surface area contributed by atoms with E-state index in [0.29, 0.717) is 17.7 Å². The predicted octanol–water partition coefficient (Wildman–Crippen LogP) is 5.10. The van der Waals surface area contributed by atoms with Crippen molar-refractivity contribution >= 4 is 17.5 Å². The molecule has 0 saturated carbocycles. The third-order valence-corrected chi connectivity index (χ3v) is 4.69. The van der Waals surface area contributed by atoms with E-state index in [-0.39, 0.29) is 17.2 Å². The Hall–Kier alpha value is -4.12. The normalized spacial score (nSPS) is 10.8. The van der Waals surface area contributed by atoms with Gasteiger partial charge in [0.15, 0.2) is 0 Å². The van der Waals surface area contributed by atoms with Gasteiger partial charge < -0.3 is 10.2 Å². The minimum Gasteiger partial charge on any atom is -0.337 e. The fourth-order valence-electron chi connectivity index (χ4n) is 2.99. The molecule has 1 N–H and O–H groups in total. The van der Waals surface area contributed by atoms with Crippen LogP contribution in [0.15, 0.2) is 72.8 Å². The number of carbonyl (C=O) groups is 2. The third-order valence-electron chi connectivity index (χ3n) is 4.69. The molecule has 0 aromatic heterocycles. The summed E-state index contributed by atoms with van der Waals surface area (Å²) in [4.78, 5) is 26.5. The van der Waals surface area contributed by atoms with E-state index in [1.807, 2.05) is 6.07 Å². The molecule has 0 bridgehead atoms. The number of nitriles is 1. The molecule has 2 amide bonds. The lowest BCUT2D eigenvalue weighted by Crippen LogP contribution is -2.26. The van der Waals surface area contributed by atoms with Gasteiger partial charge >= 0.3 is 6.18 Å². The van der Waals surface area contributed by atoms with Crippen molar-refractivity contribution in [2.45, 2.75) is 12.7 Å². The molecule has 8 heteroatoms. The Morgan fingerprint density at radius 2 is 1.59 bits per heavy atom. The quantitative estimate of drug-likeness (QED) is 0.604. The molecule has 0 unspecified atom stereocenters. The summed E-state index contributed by atoms with van der Waals surface area (Å²) in [5.41, 5.74) is 1.11. The molecule has 0 saturated heterocycles. The van der Waals surface area contributed by atoms with Gasteiger partial charge in [0.1, 0.15) is 0 Å². The second-order valence-corrected chi connectivity index (χ2v) is 7.08. The Bertz CT molecular complexity index is 1160. The van der Waals surface area contributed by atoms with Gasteiger partial charge in [-0.25, -0.2) is 0 Å². The minimum absolute atomic E-state index is 0.0205. The van der Waals surface area contributed by atoms with Crippen molar-refractivity contribution in [3.8, 4) is 6.07 Å². The van der Waals surface area contributed by atoms with Crippen molar-refractivity contribution in [3.05, 3.63) is 101 Å². The smallest absolute Gasteiger partial charge is 0.337 e. The van der Waals surface area contributed by atoms with Crippen LogP contribution in [-0.4, -0.2) is 23.8 Å². The van der Waals surface area contributed by atoms with E-state index in [1.54, 1.807) is 31.3 Å². The lowest BCUT2D eigenvalue weighted by molar-refractivity contribution is -0.137. The second-order valence-electron chi connectivity index (χ2n) is 7.08. The average Bonchev–Trinajstić information content (AvgIpc) is 2.78. The highest BCUT2D eigenvalue weighted by atomic mass is 19.4.